The SMILES string of the molecule is CC/C=C\C/C=C\C/C=C\C/C=C\CCCCC(=O)OC(COCCCCCCCCCC/C=C\C/C=C\CCCCC)COC(=O)CCCCCCCCC/C=C\C/C=C\C/C=C\CC. The standard InChI is InChI=1S/C61H102O5/c1-4-7-10-13-16-19-22-25-28-30-32-35-38-41-44-47-50-53-56-64-57-59(66-61(63)55-52-49-46-43-40-37-33-27-24-21-18-15-12-9-6-3)58-65-60(62)54-51-48-45-42-39-36-34-31-29-26-23-20-17-14-11-8-5-2/h8-9,11-12,16-21,25-29,33,40,43,59H,4-7,10,13-15,22-24,30-32,34-39,41-42,44-58H2,1-3H3/b11-8-,12-9-,19-16-,20-17-,21-18-,28-25-,29-26-,33-27-,43-40-. The zero-order chi connectivity index (χ0) is 47.7. The van der Waals surface area contributed by atoms with E-state index in [1.165, 1.54) is 96.3 Å². The second-order valence-corrected chi connectivity index (χ2v) is 17.7. The van der Waals surface area contributed by atoms with Crippen molar-refractivity contribution in [3.8, 4) is 0 Å². The number of carbonyl (C=O) groups is 2. The third kappa shape index (κ3) is 53.2. The normalized spacial score (nSPS) is 13.1. The fourth-order valence-corrected chi connectivity index (χ4v) is 7.25. The Bertz CT molecular complexity index is 1310. The van der Waals surface area contributed by atoms with Crippen molar-refractivity contribution < 1.29 is 23.8 Å². The first-order valence-corrected chi connectivity index (χ1v) is 27.4. The third-order valence-electron chi connectivity index (χ3n) is 11.3. The zero-order valence-corrected chi connectivity index (χ0v) is 43.2. The number of ether oxygens (including phenoxy) is 3. The Morgan fingerprint density at radius 2 is 0.682 bits per heavy atom. The van der Waals surface area contributed by atoms with Gasteiger partial charge in [0.2, 0.25) is 0 Å². The van der Waals surface area contributed by atoms with E-state index in [9.17, 15) is 9.59 Å². The number of hydrogen-bond donors (Lipinski definition) is 0. The predicted octanol–water partition coefficient (Wildman–Crippen LogP) is 18.8. The van der Waals surface area contributed by atoms with Crippen LogP contribution in [0.15, 0.2) is 109 Å². The van der Waals surface area contributed by atoms with E-state index in [1.807, 2.05) is 0 Å². The highest BCUT2D eigenvalue weighted by Gasteiger charge is 2.17. The van der Waals surface area contributed by atoms with Gasteiger partial charge >= 0.3 is 11.9 Å². The number of unbranched alkanes of at least 4 members (excludes halogenated alkanes) is 20. The number of esters is 2. The molecular formula is C61H102O5. The lowest BCUT2D eigenvalue weighted by molar-refractivity contribution is -0.163. The molecule has 0 heterocycles. The van der Waals surface area contributed by atoms with Crippen LogP contribution >= 0.6 is 0 Å². The van der Waals surface area contributed by atoms with Crippen molar-refractivity contribution in [3.05, 3.63) is 109 Å². The summed E-state index contributed by atoms with van der Waals surface area (Å²) < 4.78 is 17.4. The smallest absolute Gasteiger partial charge is 0.306 e. The minimum absolute atomic E-state index is 0.0551. The molecule has 0 bridgehead atoms. The summed E-state index contributed by atoms with van der Waals surface area (Å²) in [6, 6.07) is 0. The van der Waals surface area contributed by atoms with Gasteiger partial charge in [0.25, 0.3) is 0 Å². The quantitative estimate of drug-likeness (QED) is 0.0346. The van der Waals surface area contributed by atoms with E-state index in [0.29, 0.717) is 19.4 Å². The number of allylic oxidation sites excluding steroid dienone is 18. The Morgan fingerprint density at radius 3 is 1.12 bits per heavy atom. The molecule has 376 valence electrons. The first-order valence-electron chi connectivity index (χ1n) is 27.4. The van der Waals surface area contributed by atoms with Crippen LogP contribution in [0.5, 0.6) is 0 Å². The molecule has 1 unspecified atom stereocenters. The van der Waals surface area contributed by atoms with Crippen molar-refractivity contribution in [2.75, 3.05) is 19.8 Å². The highest BCUT2D eigenvalue weighted by atomic mass is 16.6. The summed E-state index contributed by atoms with van der Waals surface area (Å²) >= 11 is 0. The maximum atomic E-state index is 12.8. The molecule has 0 aliphatic rings. The third-order valence-corrected chi connectivity index (χ3v) is 11.3. The van der Waals surface area contributed by atoms with Crippen LogP contribution < -0.4 is 0 Å². The van der Waals surface area contributed by atoms with Crippen LogP contribution in [0.4, 0.5) is 0 Å². The van der Waals surface area contributed by atoms with Crippen LogP contribution in [-0.2, 0) is 23.8 Å². The van der Waals surface area contributed by atoms with Gasteiger partial charge in [-0.05, 0) is 122 Å². The minimum Gasteiger partial charge on any atom is -0.462 e. The van der Waals surface area contributed by atoms with Gasteiger partial charge < -0.3 is 14.2 Å². The zero-order valence-electron chi connectivity index (χ0n) is 43.2. The fourth-order valence-electron chi connectivity index (χ4n) is 7.25. The van der Waals surface area contributed by atoms with E-state index >= 15 is 0 Å². The lowest BCUT2D eigenvalue weighted by Gasteiger charge is -2.18. The van der Waals surface area contributed by atoms with Crippen molar-refractivity contribution in [1.82, 2.24) is 0 Å². The minimum atomic E-state index is -0.572. The number of rotatable bonds is 49. The number of hydrogen-bond acceptors (Lipinski definition) is 5. The average Bonchev–Trinajstić information content (AvgIpc) is 3.32. The van der Waals surface area contributed by atoms with E-state index in [2.05, 4.69) is 130 Å². The molecule has 0 N–H and O–H groups in total. The monoisotopic (exact) mass is 915 g/mol. The molecule has 0 aliphatic carbocycles. The van der Waals surface area contributed by atoms with E-state index in [1.54, 1.807) is 0 Å². The molecule has 0 rings (SSSR count). The molecule has 0 aromatic heterocycles. The van der Waals surface area contributed by atoms with Crippen molar-refractivity contribution in [1.29, 1.82) is 0 Å². The van der Waals surface area contributed by atoms with Gasteiger partial charge in [0.1, 0.15) is 6.61 Å². The summed E-state index contributed by atoms with van der Waals surface area (Å²) in [6.45, 7) is 7.51. The Balaban J connectivity index is 4.37. The Labute approximate surface area is 408 Å². The van der Waals surface area contributed by atoms with Gasteiger partial charge in [0, 0.05) is 19.4 Å². The van der Waals surface area contributed by atoms with Gasteiger partial charge in [-0.3, -0.25) is 9.59 Å². The van der Waals surface area contributed by atoms with E-state index in [4.69, 9.17) is 14.2 Å². The summed E-state index contributed by atoms with van der Waals surface area (Å²) in [6.07, 6.45) is 76.7. The van der Waals surface area contributed by atoms with Crippen molar-refractivity contribution in [2.45, 2.75) is 245 Å². The maximum absolute atomic E-state index is 12.8. The summed E-state index contributed by atoms with van der Waals surface area (Å²) in [5, 5.41) is 0. The van der Waals surface area contributed by atoms with Gasteiger partial charge in [-0.2, -0.15) is 0 Å². The molecule has 0 saturated heterocycles. The second kappa shape index (κ2) is 55.9. The molecule has 66 heavy (non-hydrogen) atoms. The Kier molecular flexibility index (Phi) is 53.0. The van der Waals surface area contributed by atoms with Crippen molar-refractivity contribution in [3.63, 3.8) is 0 Å². The molecular weight excluding hydrogens is 813 g/mol. The van der Waals surface area contributed by atoms with Crippen LogP contribution in [0.1, 0.15) is 239 Å². The molecule has 5 nitrogen and oxygen atoms in total. The molecule has 0 spiro atoms. The Morgan fingerprint density at radius 1 is 0.348 bits per heavy atom. The summed E-state index contributed by atoms with van der Waals surface area (Å²) in [4.78, 5) is 25.5. The van der Waals surface area contributed by atoms with Crippen LogP contribution in [0.25, 0.3) is 0 Å². The molecule has 0 aliphatic heterocycles. The molecule has 0 saturated carbocycles. The van der Waals surface area contributed by atoms with Crippen LogP contribution in [0.3, 0.4) is 0 Å². The first-order chi connectivity index (χ1) is 32.6. The topological polar surface area (TPSA) is 61.8 Å². The van der Waals surface area contributed by atoms with Crippen molar-refractivity contribution >= 4 is 11.9 Å². The average molecular weight is 915 g/mol. The van der Waals surface area contributed by atoms with Crippen LogP contribution in [0, 0.1) is 0 Å². The van der Waals surface area contributed by atoms with Gasteiger partial charge in [0.15, 0.2) is 6.10 Å². The molecule has 0 aromatic rings. The first kappa shape index (κ1) is 62.6. The Hall–Kier alpha value is -3.44. The maximum Gasteiger partial charge on any atom is 0.306 e. The van der Waals surface area contributed by atoms with E-state index in [-0.39, 0.29) is 25.2 Å². The van der Waals surface area contributed by atoms with Gasteiger partial charge in [-0.25, -0.2) is 0 Å². The van der Waals surface area contributed by atoms with Crippen LogP contribution in [0.2, 0.25) is 0 Å². The largest absolute Gasteiger partial charge is 0.462 e. The highest BCUT2D eigenvalue weighted by Crippen LogP contribution is 2.13. The molecule has 0 amide bonds. The lowest BCUT2D eigenvalue weighted by Crippen LogP contribution is -2.30. The van der Waals surface area contributed by atoms with Crippen LogP contribution in [-0.4, -0.2) is 37.9 Å². The summed E-state index contributed by atoms with van der Waals surface area (Å²) in [7, 11) is 0. The van der Waals surface area contributed by atoms with Gasteiger partial charge in [-0.15, -0.1) is 0 Å². The van der Waals surface area contributed by atoms with Gasteiger partial charge in [0.05, 0.1) is 6.61 Å². The predicted molar refractivity (Wildman–Crippen MR) is 288 cm³/mol. The van der Waals surface area contributed by atoms with E-state index < -0.39 is 6.10 Å². The lowest BCUT2D eigenvalue weighted by atomic mass is 10.1. The van der Waals surface area contributed by atoms with Gasteiger partial charge in [-0.1, -0.05) is 214 Å². The molecule has 0 aromatic carbocycles. The van der Waals surface area contributed by atoms with E-state index in [0.717, 1.165) is 109 Å². The molecule has 1 atom stereocenters. The second-order valence-electron chi connectivity index (χ2n) is 17.7. The fraction of sp³-hybridized carbons (Fsp3) is 0.672. The molecule has 0 radical (unpaired) electrons. The molecule has 5 heteroatoms. The number of carbonyl (C=O) groups excluding carboxylic acids is 2. The molecule has 0 fully saturated rings. The van der Waals surface area contributed by atoms with Crippen molar-refractivity contribution in [2.24, 2.45) is 0 Å². The summed E-state index contributed by atoms with van der Waals surface area (Å²) in [5.74, 6) is -0.462. The summed E-state index contributed by atoms with van der Waals surface area (Å²) in [5.41, 5.74) is 0. The highest BCUT2D eigenvalue weighted by molar-refractivity contribution is 5.70.